The van der Waals surface area contributed by atoms with Crippen LogP contribution in [0, 0.1) is 5.41 Å². The molecule has 2 aromatic rings. The number of nitrogens with zero attached hydrogens (tertiary/aromatic N) is 2. The van der Waals surface area contributed by atoms with Crippen LogP contribution in [0.1, 0.15) is 33.1 Å². The minimum atomic E-state index is 0.516. The van der Waals surface area contributed by atoms with E-state index in [0.29, 0.717) is 5.41 Å². The number of pyridine rings is 1. The Kier molecular flexibility index (Phi) is 3.28. The minimum Gasteiger partial charge on any atom is -0.399 e. The Bertz CT molecular complexity index is 613. The zero-order valence-corrected chi connectivity index (χ0v) is 12.4. The third kappa shape index (κ3) is 2.45. The van der Waals surface area contributed by atoms with Gasteiger partial charge in [0.1, 0.15) is 5.82 Å². The quantitative estimate of drug-likeness (QED) is 0.842. The monoisotopic (exact) mass is 269 g/mol. The molecule has 1 aliphatic rings. The number of benzene rings is 1. The summed E-state index contributed by atoms with van der Waals surface area (Å²) in [4.78, 5) is 7.19. The lowest BCUT2D eigenvalue weighted by Crippen LogP contribution is -2.38. The van der Waals surface area contributed by atoms with Gasteiger partial charge in [-0.3, -0.25) is 0 Å². The number of nitrogens with two attached hydrogens (primary N) is 1. The number of fused-ring (bicyclic) bond motifs is 1. The molecule has 3 rings (SSSR count). The smallest absolute Gasteiger partial charge is 0.129 e. The molecule has 0 spiro atoms. The Hall–Kier alpha value is -1.77. The molecule has 106 valence electrons. The van der Waals surface area contributed by atoms with Gasteiger partial charge in [-0.1, -0.05) is 20.3 Å². The third-order valence-corrected chi connectivity index (χ3v) is 4.85. The van der Waals surface area contributed by atoms with E-state index in [0.717, 1.165) is 35.5 Å². The van der Waals surface area contributed by atoms with Gasteiger partial charge in [0.25, 0.3) is 0 Å². The van der Waals surface area contributed by atoms with Crippen molar-refractivity contribution in [1.29, 1.82) is 0 Å². The Balaban J connectivity index is 1.83. The van der Waals surface area contributed by atoms with Crippen molar-refractivity contribution in [3.05, 3.63) is 30.3 Å². The van der Waals surface area contributed by atoms with Crippen LogP contribution in [0.2, 0.25) is 0 Å². The first kappa shape index (κ1) is 13.2. The summed E-state index contributed by atoms with van der Waals surface area (Å²) < 4.78 is 0. The largest absolute Gasteiger partial charge is 0.399 e. The van der Waals surface area contributed by atoms with Gasteiger partial charge < -0.3 is 10.6 Å². The van der Waals surface area contributed by atoms with Crippen LogP contribution < -0.4 is 10.6 Å². The number of nitrogen functional groups attached to an aromatic ring is 1. The van der Waals surface area contributed by atoms with E-state index in [1.54, 1.807) is 0 Å². The standard InChI is InChI=1S/C17H23N3/c1-3-17(2)8-10-20(11-9-17)16-7-4-13-12-14(18)5-6-15(13)19-16/h4-7,12H,3,8-11,18H2,1-2H3. The molecule has 0 saturated carbocycles. The Labute approximate surface area is 120 Å². The first-order chi connectivity index (χ1) is 9.59. The summed E-state index contributed by atoms with van der Waals surface area (Å²) in [5, 5.41) is 1.11. The van der Waals surface area contributed by atoms with Gasteiger partial charge in [-0.05, 0) is 48.6 Å². The Morgan fingerprint density at radius 1 is 1.20 bits per heavy atom. The molecule has 0 amide bonds. The van der Waals surface area contributed by atoms with Crippen molar-refractivity contribution in [3.8, 4) is 0 Å². The summed E-state index contributed by atoms with van der Waals surface area (Å²) in [5.74, 6) is 1.10. The predicted octanol–water partition coefficient (Wildman–Crippen LogP) is 3.83. The number of anilines is 2. The van der Waals surface area contributed by atoms with Crippen LogP contribution in [0.5, 0.6) is 0 Å². The maximum atomic E-state index is 5.81. The van der Waals surface area contributed by atoms with Crippen molar-refractivity contribution in [3.63, 3.8) is 0 Å². The van der Waals surface area contributed by atoms with Crippen LogP contribution >= 0.6 is 0 Å². The fourth-order valence-corrected chi connectivity index (χ4v) is 2.94. The van der Waals surface area contributed by atoms with Crippen molar-refractivity contribution in [2.45, 2.75) is 33.1 Å². The Morgan fingerprint density at radius 3 is 2.65 bits per heavy atom. The summed E-state index contributed by atoms with van der Waals surface area (Å²) in [5.41, 5.74) is 8.15. The molecule has 2 heterocycles. The Morgan fingerprint density at radius 2 is 1.95 bits per heavy atom. The number of piperidine rings is 1. The highest BCUT2D eigenvalue weighted by Gasteiger charge is 2.28. The fourth-order valence-electron chi connectivity index (χ4n) is 2.94. The lowest BCUT2D eigenvalue weighted by molar-refractivity contribution is 0.238. The second kappa shape index (κ2) is 4.97. The number of aromatic nitrogens is 1. The van der Waals surface area contributed by atoms with E-state index in [4.69, 9.17) is 10.7 Å². The fraction of sp³-hybridized carbons (Fsp3) is 0.471. The van der Waals surface area contributed by atoms with Crippen LogP contribution in [0.4, 0.5) is 11.5 Å². The number of rotatable bonds is 2. The molecule has 2 N–H and O–H groups in total. The number of hydrogen-bond donors (Lipinski definition) is 1. The van der Waals surface area contributed by atoms with Crippen molar-refractivity contribution in [2.24, 2.45) is 5.41 Å². The van der Waals surface area contributed by atoms with Gasteiger partial charge in [0.2, 0.25) is 0 Å². The summed E-state index contributed by atoms with van der Waals surface area (Å²) in [6, 6.07) is 10.2. The first-order valence-corrected chi connectivity index (χ1v) is 7.51. The van der Waals surface area contributed by atoms with E-state index in [-0.39, 0.29) is 0 Å². The van der Waals surface area contributed by atoms with E-state index in [2.05, 4.69) is 30.9 Å². The van der Waals surface area contributed by atoms with E-state index < -0.39 is 0 Å². The van der Waals surface area contributed by atoms with Crippen molar-refractivity contribution in [1.82, 2.24) is 4.98 Å². The highest BCUT2D eigenvalue weighted by atomic mass is 15.2. The van der Waals surface area contributed by atoms with Crippen LogP contribution in [-0.2, 0) is 0 Å². The van der Waals surface area contributed by atoms with Crippen LogP contribution in [-0.4, -0.2) is 18.1 Å². The van der Waals surface area contributed by atoms with Crippen LogP contribution in [0.15, 0.2) is 30.3 Å². The summed E-state index contributed by atoms with van der Waals surface area (Å²) in [6.45, 7) is 6.92. The SMILES string of the molecule is CCC1(C)CCN(c2ccc3cc(N)ccc3n2)CC1. The average molecular weight is 269 g/mol. The highest BCUT2D eigenvalue weighted by molar-refractivity contribution is 5.83. The average Bonchev–Trinajstić information content (AvgIpc) is 2.47. The normalized spacial score (nSPS) is 18.4. The van der Waals surface area contributed by atoms with E-state index in [1.807, 2.05) is 18.2 Å². The molecule has 1 fully saturated rings. The van der Waals surface area contributed by atoms with Crippen molar-refractivity contribution >= 4 is 22.4 Å². The van der Waals surface area contributed by atoms with E-state index in [1.165, 1.54) is 19.3 Å². The zero-order valence-electron chi connectivity index (χ0n) is 12.4. The molecule has 20 heavy (non-hydrogen) atoms. The van der Waals surface area contributed by atoms with Crippen LogP contribution in [0.3, 0.4) is 0 Å². The summed E-state index contributed by atoms with van der Waals surface area (Å²) in [7, 11) is 0. The molecule has 0 aliphatic carbocycles. The second-order valence-electron chi connectivity index (χ2n) is 6.27. The second-order valence-corrected chi connectivity index (χ2v) is 6.27. The third-order valence-electron chi connectivity index (χ3n) is 4.85. The summed E-state index contributed by atoms with van der Waals surface area (Å²) >= 11 is 0. The number of hydrogen-bond acceptors (Lipinski definition) is 3. The van der Waals surface area contributed by atoms with E-state index >= 15 is 0 Å². The lowest BCUT2D eigenvalue weighted by Gasteiger charge is -2.39. The molecule has 1 aromatic carbocycles. The van der Waals surface area contributed by atoms with Crippen molar-refractivity contribution in [2.75, 3.05) is 23.7 Å². The maximum absolute atomic E-state index is 5.81. The van der Waals surface area contributed by atoms with E-state index in [9.17, 15) is 0 Å². The van der Waals surface area contributed by atoms with Crippen molar-refractivity contribution < 1.29 is 0 Å². The first-order valence-electron chi connectivity index (χ1n) is 7.51. The predicted molar refractivity (Wildman–Crippen MR) is 86.0 cm³/mol. The van der Waals surface area contributed by atoms with Gasteiger partial charge in [-0.15, -0.1) is 0 Å². The molecule has 1 saturated heterocycles. The topological polar surface area (TPSA) is 42.1 Å². The minimum absolute atomic E-state index is 0.516. The molecule has 0 radical (unpaired) electrons. The lowest BCUT2D eigenvalue weighted by atomic mass is 9.78. The molecular weight excluding hydrogens is 246 g/mol. The van der Waals surface area contributed by atoms with Gasteiger partial charge in [-0.2, -0.15) is 0 Å². The van der Waals surface area contributed by atoms with Crippen LogP contribution in [0.25, 0.3) is 10.9 Å². The highest BCUT2D eigenvalue weighted by Crippen LogP contribution is 2.35. The van der Waals surface area contributed by atoms with Gasteiger partial charge in [0.05, 0.1) is 5.52 Å². The van der Waals surface area contributed by atoms with Gasteiger partial charge in [0, 0.05) is 24.2 Å². The molecule has 0 bridgehead atoms. The molecular formula is C17H23N3. The van der Waals surface area contributed by atoms with Gasteiger partial charge in [-0.25, -0.2) is 4.98 Å². The molecule has 3 heteroatoms. The van der Waals surface area contributed by atoms with Gasteiger partial charge in [0.15, 0.2) is 0 Å². The molecule has 1 aromatic heterocycles. The zero-order chi connectivity index (χ0) is 14.2. The molecule has 0 atom stereocenters. The van der Waals surface area contributed by atoms with Gasteiger partial charge >= 0.3 is 0 Å². The molecule has 0 unspecified atom stereocenters. The molecule has 3 nitrogen and oxygen atoms in total. The maximum Gasteiger partial charge on any atom is 0.129 e. The summed E-state index contributed by atoms with van der Waals surface area (Å²) in [6.07, 6.45) is 3.78. The molecule has 1 aliphatic heterocycles.